The maximum Gasteiger partial charge on any atom is 0.275 e. The number of hydrogen-bond donors (Lipinski definition) is 3. The number of nitrogen functional groups attached to an aromatic ring is 1. The SMILES string of the molecule is CC1(O)CCN(C(=O)c2n[nH]c3ccc(N)cc23)C1. The highest BCUT2D eigenvalue weighted by atomic mass is 16.3. The molecule has 6 heteroatoms. The predicted molar refractivity (Wildman–Crippen MR) is 71.7 cm³/mol. The van der Waals surface area contributed by atoms with Gasteiger partial charge in [0.1, 0.15) is 0 Å². The van der Waals surface area contributed by atoms with Gasteiger partial charge < -0.3 is 15.7 Å². The molecule has 1 fully saturated rings. The molecule has 1 aliphatic rings. The quantitative estimate of drug-likeness (QED) is 0.659. The van der Waals surface area contributed by atoms with Gasteiger partial charge in [-0.15, -0.1) is 0 Å². The molecule has 0 saturated carbocycles. The summed E-state index contributed by atoms with van der Waals surface area (Å²) in [6.45, 7) is 2.62. The predicted octanol–water partition coefficient (Wildman–Crippen LogP) is 0.742. The number of carbonyl (C=O) groups excluding carboxylic acids is 1. The van der Waals surface area contributed by atoms with Crippen LogP contribution in [0.1, 0.15) is 23.8 Å². The number of aromatic nitrogens is 2. The summed E-state index contributed by atoms with van der Waals surface area (Å²) in [4.78, 5) is 14.0. The summed E-state index contributed by atoms with van der Waals surface area (Å²) >= 11 is 0. The van der Waals surface area contributed by atoms with Crippen LogP contribution in [-0.4, -0.2) is 44.8 Å². The Morgan fingerprint density at radius 3 is 3.05 bits per heavy atom. The van der Waals surface area contributed by atoms with Gasteiger partial charge in [-0.3, -0.25) is 9.89 Å². The number of amides is 1. The van der Waals surface area contributed by atoms with Crippen LogP contribution in [0.3, 0.4) is 0 Å². The summed E-state index contributed by atoms with van der Waals surface area (Å²) in [5.41, 5.74) is 6.67. The van der Waals surface area contributed by atoms with Gasteiger partial charge in [0.05, 0.1) is 11.1 Å². The summed E-state index contributed by atoms with van der Waals surface area (Å²) in [5.74, 6) is -0.172. The zero-order chi connectivity index (χ0) is 13.6. The number of nitrogens with zero attached hydrogens (tertiary/aromatic N) is 2. The van der Waals surface area contributed by atoms with Crippen molar-refractivity contribution in [2.75, 3.05) is 18.8 Å². The molecule has 2 aromatic rings. The number of hydrogen-bond acceptors (Lipinski definition) is 4. The highest BCUT2D eigenvalue weighted by Gasteiger charge is 2.35. The van der Waals surface area contributed by atoms with Crippen molar-refractivity contribution in [1.82, 2.24) is 15.1 Å². The first kappa shape index (κ1) is 12.0. The molecule has 1 aliphatic heterocycles. The van der Waals surface area contributed by atoms with Crippen molar-refractivity contribution >= 4 is 22.5 Å². The fourth-order valence-corrected chi connectivity index (χ4v) is 2.46. The van der Waals surface area contributed by atoms with E-state index in [1.807, 2.05) is 0 Å². The number of fused-ring (bicyclic) bond motifs is 1. The molecule has 1 aromatic carbocycles. The Morgan fingerprint density at radius 1 is 1.58 bits per heavy atom. The highest BCUT2D eigenvalue weighted by Crippen LogP contribution is 2.25. The van der Waals surface area contributed by atoms with E-state index in [1.165, 1.54) is 0 Å². The van der Waals surface area contributed by atoms with E-state index in [9.17, 15) is 9.90 Å². The molecule has 0 aliphatic carbocycles. The lowest BCUT2D eigenvalue weighted by atomic mass is 10.1. The maximum atomic E-state index is 12.4. The molecule has 1 amide bonds. The number of nitrogens with one attached hydrogen (secondary N) is 1. The standard InChI is InChI=1S/C13H16N4O2/c1-13(19)4-5-17(7-13)12(18)11-9-6-8(14)2-3-10(9)15-16-11/h2-3,6,19H,4-5,7,14H2,1H3,(H,15,16). The van der Waals surface area contributed by atoms with Crippen molar-refractivity contribution in [1.29, 1.82) is 0 Å². The Morgan fingerprint density at radius 2 is 2.37 bits per heavy atom. The lowest BCUT2D eigenvalue weighted by molar-refractivity contribution is 0.0570. The van der Waals surface area contributed by atoms with Crippen molar-refractivity contribution < 1.29 is 9.90 Å². The number of benzene rings is 1. The van der Waals surface area contributed by atoms with Crippen LogP contribution in [-0.2, 0) is 0 Å². The third kappa shape index (κ3) is 2.04. The lowest BCUT2D eigenvalue weighted by Gasteiger charge is -2.18. The van der Waals surface area contributed by atoms with Gasteiger partial charge in [-0.1, -0.05) is 0 Å². The maximum absolute atomic E-state index is 12.4. The molecule has 0 radical (unpaired) electrons. The second-order valence-corrected chi connectivity index (χ2v) is 5.35. The smallest absolute Gasteiger partial charge is 0.275 e. The number of H-pyrrole nitrogens is 1. The zero-order valence-corrected chi connectivity index (χ0v) is 10.7. The number of likely N-dealkylation sites (tertiary alicyclic amines) is 1. The molecule has 1 saturated heterocycles. The molecule has 19 heavy (non-hydrogen) atoms. The topological polar surface area (TPSA) is 95.2 Å². The second-order valence-electron chi connectivity index (χ2n) is 5.35. The van der Waals surface area contributed by atoms with E-state index in [1.54, 1.807) is 30.0 Å². The largest absolute Gasteiger partial charge is 0.399 e. The number of nitrogens with two attached hydrogens (primary N) is 1. The Hall–Kier alpha value is -2.08. The van der Waals surface area contributed by atoms with Crippen molar-refractivity contribution in [3.05, 3.63) is 23.9 Å². The number of aliphatic hydroxyl groups is 1. The molecule has 0 spiro atoms. The molecular weight excluding hydrogens is 244 g/mol. The van der Waals surface area contributed by atoms with Gasteiger partial charge in [-0.2, -0.15) is 5.10 Å². The van der Waals surface area contributed by atoms with Crippen LogP contribution in [0, 0.1) is 0 Å². The summed E-state index contributed by atoms with van der Waals surface area (Å²) in [5, 5.41) is 17.5. The van der Waals surface area contributed by atoms with E-state index in [0.717, 1.165) is 10.9 Å². The van der Waals surface area contributed by atoms with E-state index in [4.69, 9.17) is 5.73 Å². The van der Waals surface area contributed by atoms with Gasteiger partial charge in [0.15, 0.2) is 5.69 Å². The van der Waals surface area contributed by atoms with E-state index >= 15 is 0 Å². The first-order chi connectivity index (χ1) is 8.96. The van der Waals surface area contributed by atoms with Gasteiger partial charge in [0.2, 0.25) is 0 Å². The van der Waals surface area contributed by atoms with E-state index < -0.39 is 5.60 Å². The Labute approximate surface area is 110 Å². The van der Waals surface area contributed by atoms with Gasteiger partial charge in [-0.25, -0.2) is 0 Å². The molecule has 100 valence electrons. The molecule has 1 unspecified atom stereocenters. The number of rotatable bonds is 1. The third-order valence-electron chi connectivity index (χ3n) is 3.53. The summed E-state index contributed by atoms with van der Waals surface area (Å²) < 4.78 is 0. The Balaban J connectivity index is 1.96. The number of aromatic amines is 1. The molecule has 4 N–H and O–H groups in total. The second kappa shape index (κ2) is 3.96. The third-order valence-corrected chi connectivity index (χ3v) is 3.53. The number of β-amino-alcohol motifs (C(OH)–C–C–N with tert-alkyl or cyclic N) is 1. The average Bonchev–Trinajstić information content (AvgIpc) is 2.91. The van der Waals surface area contributed by atoms with Gasteiger partial charge in [-0.05, 0) is 31.5 Å². The van der Waals surface area contributed by atoms with Crippen LogP contribution < -0.4 is 5.73 Å². The first-order valence-corrected chi connectivity index (χ1v) is 6.21. The first-order valence-electron chi connectivity index (χ1n) is 6.21. The molecule has 1 atom stereocenters. The monoisotopic (exact) mass is 260 g/mol. The van der Waals surface area contributed by atoms with Crippen LogP contribution in [0.2, 0.25) is 0 Å². The Bertz CT molecular complexity index is 647. The highest BCUT2D eigenvalue weighted by molar-refractivity contribution is 6.05. The molecule has 2 heterocycles. The van der Waals surface area contributed by atoms with Crippen LogP contribution in [0.4, 0.5) is 5.69 Å². The minimum absolute atomic E-state index is 0.172. The van der Waals surface area contributed by atoms with Crippen LogP contribution in [0.5, 0.6) is 0 Å². The fraction of sp³-hybridized carbons (Fsp3) is 0.385. The zero-order valence-electron chi connectivity index (χ0n) is 10.7. The lowest BCUT2D eigenvalue weighted by Crippen LogP contribution is -2.34. The molecule has 1 aromatic heterocycles. The van der Waals surface area contributed by atoms with Crippen molar-refractivity contribution in [3.63, 3.8) is 0 Å². The number of carbonyl (C=O) groups is 1. The molecule has 6 nitrogen and oxygen atoms in total. The van der Waals surface area contributed by atoms with E-state index in [0.29, 0.717) is 30.9 Å². The summed E-state index contributed by atoms with van der Waals surface area (Å²) in [6, 6.07) is 5.30. The van der Waals surface area contributed by atoms with Gasteiger partial charge in [0, 0.05) is 24.2 Å². The minimum atomic E-state index is -0.805. The van der Waals surface area contributed by atoms with Crippen molar-refractivity contribution in [3.8, 4) is 0 Å². The van der Waals surface area contributed by atoms with Crippen molar-refractivity contribution in [2.24, 2.45) is 0 Å². The van der Waals surface area contributed by atoms with Gasteiger partial charge >= 0.3 is 0 Å². The number of anilines is 1. The van der Waals surface area contributed by atoms with Crippen LogP contribution >= 0.6 is 0 Å². The Kier molecular flexibility index (Phi) is 2.50. The van der Waals surface area contributed by atoms with Crippen molar-refractivity contribution in [2.45, 2.75) is 18.9 Å². The minimum Gasteiger partial charge on any atom is -0.399 e. The van der Waals surface area contributed by atoms with E-state index in [-0.39, 0.29) is 5.91 Å². The van der Waals surface area contributed by atoms with E-state index in [2.05, 4.69) is 10.2 Å². The van der Waals surface area contributed by atoms with Gasteiger partial charge in [0.25, 0.3) is 5.91 Å². The van der Waals surface area contributed by atoms with Crippen LogP contribution in [0.15, 0.2) is 18.2 Å². The fourth-order valence-electron chi connectivity index (χ4n) is 2.46. The molecular formula is C13H16N4O2. The van der Waals surface area contributed by atoms with Crippen LogP contribution in [0.25, 0.3) is 10.9 Å². The normalized spacial score (nSPS) is 23.2. The molecule has 0 bridgehead atoms. The molecule has 3 rings (SSSR count). The summed E-state index contributed by atoms with van der Waals surface area (Å²) in [7, 11) is 0. The average molecular weight is 260 g/mol. The summed E-state index contributed by atoms with van der Waals surface area (Å²) in [6.07, 6.45) is 0.587.